The summed E-state index contributed by atoms with van der Waals surface area (Å²) in [6.45, 7) is 3.72. The maximum Gasteiger partial charge on any atom is 0.244 e. The summed E-state index contributed by atoms with van der Waals surface area (Å²) in [4.78, 5) is 1.90. The molecular weight excluding hydrogens is 308 g/mol. The van der Waals surface area contributed by atoms with Crippen LogP contribution < -0.4 is 5.14 Å². The number of nitrogens with two attached hydrogens (primary N) is 1. The van der Waals surface area contributed by atoms with E-state index in [1.165, 1.54) is 15.6 Å². The molecule has 6 nitrogen and oxygen atoms in total. The quantitative estimate of drug-likeness (QED) is 0.871. The zero-order valence-electron chi connectivity index (χ0n) is 10.7. The van der Waals surface area contributed by atoms with Gasteiger partial charge in [0.05, 0.1) is 10.1 Å². The van der Waals surface area contributed by atoms with Gasteiger partial charge in [0.25, 0.3) is 0 Å². The molecule has 1 aromatic heterocycles. The molecule has 108 valence electrons. The smallest absolute Gasteiger partial charge is 0.228 e. The number of rotatable bonds is 3. The number of nitrogens with zero attached hydrogens (tertiary/aromatic N) is 1. The number of hydrogen-bond donors (Lipinski definition) is 1. The predicted octanol–water partition coefficient (Wildman–Crippen LogP) is 0.416. The maximum atomic E-state index is 12.4. The zero-order chi connectivity index (χ0) is 14.4. The Morgan fingerprint density at radius 3 is 2.37 bits per heavy atom. The minimum atomic E-state index is -3.69. The van der Waals surface area contributed by atoms with Crippen LogP contribution in [0.25, 0.3) is 0 Å². The van der Waals surface area contributed by atoms with Crippen molar-refractivity contribution in [1.29, 1.82) is 0 Å². The van der Waals surface area contributed by atoms with Gasteiger partial charge in [0.2, 0.25) is 20.0 Å². The Labute approximate surface area is 117 Å². The highest BCUT2D eigenvalue weighted by molar-refractivity contribution is 7.90. The van der Waals surface area contributed by atoms with Crippen molar-refractivity contribution in [2.45, 2.75) is 30.4 Å². The van der Waals surface area contributed by atoms with Crippen molar-refractivity contribution >= 4 is 31.4 Å². The Morgan fingerprint density at radius 2 is 1.95 bits per heavy atom. The predicted molar refractivity (Wildman–Crippen MR) is 74.1 cm³/mol. The third kappa shape index (κ3) is 2.84. The molecular formula is C10H16N2O4S3. The highest BCUT2D eigenvalue weighted by Crippen LogP contribution is 2.30. The summed E-state index contributed by atoms with van der Waals surface area (Å²) < 4.78 is 48.6. The Bertz CT molecular complexity index is 690. The van der Waals surface area contributed by atoms with E-state index in [0.29, 0.717) is 0 Å². The number of thiophene rings is 1. The fourth-order valence-electron chi connectivity index (χ4n) is 2.19. The summed E-state index contributed by atoms with van der Waals surface area (Å²) in [5.74, 6) is 0. The monoisotopic (exact) mass is 324 g/mol. The molecule has 0 aliphatic carbocycles. The number of hydrogen-bond acceptors (Lipinski definition) is 5. The molecule has 2 N–H and O–H groups in total. The van der Waals surface area contributed by atoms with E-state index in [9.17, 15) is 16.8 Å². The van der Waals surface area contributed by atoms with Gasteiger partial charge >= 0.3 is 0 Å². The van der Waals surface area contributed by atoms with Gasteiger partial charge in [0.1, 0.15) is 0 Å². The fourth-order valence-corrected chi connectivity index (χ4v) is 6.13. The van der Waals surface area contributed by atoms with Crippen LogP contribution in [0.3, 0.4) is 0 Å². The number of aryl methyl sites for hydroxylation is 2. The van der Waals surface area contributed by atoms with E-state index in [1.54, 1.807) is 13.0 Å². The van der Waals surface area contributed by atoms with Crippen LogP contribution in [0, 0.1) is 13.8 Å². The Hall–Kier alpha value is -0.480. The molecule has 1 aliphatic heterocycles. The van der Waals surface area contributed by atoms with Crippen LogP contribution in [0.5, 0.6) is 0 Å². The summed E-state index contributed by atoms with van der Waals surface area (Å²) >= 11 is 1.41. The molecule has 1 unspecified atom stereocenters. The molecule has 0 aromatic carbocycles. The Kier molecular flexibility index (Phi) is 3.78. The molecule has 2 rings (SSSR count). The first-order valence-corrected chi connectivity index (χ1v) is 9.58. The lowest BCUT2D eigenvalue weighted by Gasteiger charge is -2.15. The summed E-state index contributed by atoms with van der Waals surface area (Å²) in [5, 5.41) is 4.27. The highest BCUT2D eigenvalue weighted by atomic mass is 32.2. The van der Waals surface area contributed by atoms with Crippen molar-refractivity contribution < 1.29 is 16.8 Å². The van der Waals surface area contributed by atoms with Gasteiger partial charge in [0, 0.05) is 22.8 Å². The van der Waals surface area contributed by atoms with Crippen LogP contribution in [0.1, 0.15) is 16.2 Å². The second kappa shape index (κ2) is 4.81. The van der Waals surface area contributed by atoms with Gasteiger partial charge in [0.15, 0.2) is 0 Å². The van der Waals surface area contributed by atoms with Crippen LogP contribution >= 0.6 is 11.3 Å². The molecule has 0 amide bonds. The van der Waals surface area contributed by atoms with E-state index in [-0.39, 0.29) is 24.4 Å². The van der Waals surface area contributed by atoms with Crippen LogP contribution in [-0.4, -0.2) is 39.5 Å². The lowest BCUT2D eigenvalue weighted by Crippen LogP contribution is -2.34. The normalized spacial score (nSPS) is 21.9. The van der Waals surface area contributed by atoms with Crippen molar-refractivity contribution in [2.24, 2.45) is 5.14 Å². The average molecular weight is 324 g/mol. The summed E-state index contributed by atoms with van der Waals surface area (Å²) in [5.41, 5.74) is 0. The molecule has 1 aromatic rings. The second-order valence-corrected chi connectivity index (χ2v) is 9.85. The van der Waals surface area contributed by atoms with Crippen LogP contribution in [-0.2, 0) is 20.0 Å². The first kappa shape index (κ1) is 14.9. The van der Waals surface area contributed by atoms with Gasteiger partial charge in [-0.05, 0) is 26.3 Å². The summed E-state index contributed by atoms with van der Waals surface area (Å²) in [6.07, 6.45) is 0.250. The van der Waals surface area contributed by atoms with Gasteiger partial charge in [-0.15, -0.1) is 11.3 Å². The minimum Gasteiger partial charge on any atom is -0.228 e. The first-order chi connectivity index (χ1) is 8.62. The summed E-state index contributed by atoms with van der Waals surface area (Å²) in [6, 6.07) is 1.62. The standard InChI is InChI=1S/C10H16N2O4S3/c1-7-5-10(8(2)17-7)19(15,16)12-4-3-9(6-12)18(11,13)14/h5,9H,3-4,6H2,1-2H3,(H2,11,13,14). The molecule has 1 saturated heterocycles. The van der Waals surface area contributed by atoms with E-state index in [0.717, 1.165) is 9.75 Å². The van der Waals surface area contributed by atoms with Gasteiger partial charge in [-0.2, -0.15) is 4.31 Å². The number of primary sulfonamides is 1. The molecule has 19 heavy (non-hydrogen) atoms. The third-order valence-electron chi connectivity index (χ3n) is 3.19. The SMILES string of the molecule is Cc1cc(S(=O)(=O)N2CCC(S(N)(=O)=O)C2)c(C)s1. The van der Waals surface area contributed by atoms with Crippen molar-refractivity contribution in [2.75, 3.05) is 13.1 Å². The van der Waals surface area contributed by atoms with Crippen molar-refractivity contribution in [3.63, 3.8) is 0 Å². The number of sulfonamides is 2. The molecule has 0 radical (unpaired) electrons. The lowest BCUT2D eigenvalue weighted by molar-refractivity contribution is 0.476. The largest absolute Gasteiger partial charge is 0.244 e. The topological polar surface area (TPSA) is 97.5 Å². The van der Waals surface area contributed by atoms with E-state index >= 15 is 0 Å². The third-order valence-corrected chi connectivity index (χ3v) is 7.59. The minimum absolute atomic E-state index is 0.0600. The second-order valence-electron chi connectivity index (χ2n) is 4.64. The zero-order valence-corrected chi connectivity index (χ0v) is 13.1. The Balaban J connectivity index is 2.31. The molecule has 1 atom stereocenters. The molecule has 2 heterocycles. The fraction of sp³-hybridized carbons (Fsp3) is 0.600. The van der Waals surface area contributed by atoms with Crippen molar-refractivity contribution in [1.82, 2.24) is 4.31 Å². The van der Waals surface area contributed by atoms with Crippen molar-refractivity contribution in [3.8, 4) is 0 Å². The molecule has 0 saturated carbocycles. The van der Waals surface area contributed by atoms with E-state index in [1.807, 2.05) is 6.92 Å². The van der Waals surface area contributed by atoms with Gasteiger partial charge in [-0.25, -0.2) is 22.0 Å². The lowest BCUT2D eigenvalue weighted by atomic mass is 10.4. The van der Waals surface area contributed by atoms with E-state index in [4.69, 9.17) is 5.14 Å². The molecule has 1 aliphatic rings. The van der Waals surface area contributed by atoms with Gasteiger partial charge < -0.3 is 0 Å². The van der Waals surface area contributed by atoms with Gasteiger partial charge in [-0.1, -0.05) is 0 Å². The van der Waals surface area contributed by atoms with Crippen molar-refractivity contribution in [3.05, 3.63) is 15.8 Å². The summed E-state index contributed by atoms with van der Waals surface area (Å²) in [7, 11) is -7.30. The van der Waals surface area contributed by atoms with E-state index < -0.39 is 25.3 Å². The molecule has 1 fully saturated rings. The molecule has 0 spiro atoms. The van der Waals surface area contributed by atoms with Crippen LogP contribution in [0.15, 0.2) is 11.0 Å². The highest BCUT2D eigenvalue weighted by Gasteiger charge is 2.38. The van der Waals surface area contributed by atoms with Crippen LogP contribution in [0.2, 0.25) is 0 Å². The molecule has 0 bridgehead atoms. The Morgan fingerprint density at radius 1 is 1.32 bits per heavy atom. The first-order valence-electron chi connectivity index (χ1n) is 5.71. The van der Waals surface area contributed by atoms with Gasteiger partial charge in [-0.3, -0.25) is 0 Å². The molecule has 9 heteroatoms. The van der Waals surface area contributed by atoms with E-state index in [2.05, 4.69) is 0 Å². The van der Waals surface area contributed by atoms with Crippen LogP contribution in [0.4, 0.5) is 0 Å². The average Bonchev–Trinajstić information content (AvgIpc) is 2.83. The maximum absolute atomic E-state index is 12.4.